The summed E-state index contributed by atoms with van der Waals surface area (Å²) in [6, 6.07) is 4.76. The number of carbonyl (C=O) groups is 4. The second-order valence-corrected chi connectivity index (χ2v) is 7.57. The van der Waals surface area contributed by atoms with Gasteiger partial charge in [0, 0.05) is 24.7 Å². The molecule has 8 nitrogen and oxygen atoms in total. The van der Waals surface area contributed by atoms with Crippen molar-refractivity contribution in [3.05, 3.63) is 29.3 Å². The van der Waals surface area contributed by atoms with Gasteiger partial charge in [0.2, 0.25) is 11.8 Å². The fraction of sp³-hybridized carbons (Fsp3) is 0.500. The molecule has 3 aliphatic rings. The molecule has 2 fully saturated rings. The standard InChI is InChI=1S/C20H24N4O4/c25-17-8-7-16(18(26)23-17)24-19(27)14-6-5-13(11-15(14)20(24)28)22-10-2-4-12-3-1-9-21-12/h5-6,11-12,16,21-22H,1-4,7-10H2,(H,23,25,26). The third-order valence-electron chi connectivity index (χ3n) is 5.66. The van der Waals surface area contributed by atoms with Crippen molar-refractivity contribution >= 4 is 29.3 Å². The van der Waals surface area contributed by atoms with Gasteiger partial charge in [-0.1, -0.05) is 0 Å². The lowest BCUT2D eigenvalue weighted by molar-refractivity contribution is -0.136. The molecule has 2 atom stereocenters. The molecule has 4 rings (SSSR count). The summed E-state index contributed by atoms with van der Waals surface area (Å²) >= 11 is 0. The van der Waals surface area contributed by atoms with Crippen LogP contribution in [-0.4, -0.2) is 53.7 Å². The summed E-state index contributed by atoms with van der Waals surface area (Å²) in [5.74, 6) is -1.93. The topological polar surface area (TPSA) is 108 Å². The average molecular weight is 384 g/mol. The second-order valence-electron chi connectivity index (χ2n) is 7.57. The van der Waals surface area contributed by atoms with Gasteiger partial charge in [0.25, 0.3) is 11.8 Å². The Hall–Kier alpha value is -2.74. The van der Waals surface area contributed by atoms with Crippen LogP contribution in [0.5, 0.6) is 0 Å². The predicted octanol–water partition coefficient (Wildman–Crippen LogP) is 1.03. The van der Waals surface area contributed by atoms with Gasteiger partial charge < -0.3 is 10.6 Å². The molecule has 4 amide bonds. The summed E-state index contributed by atoms with van der Waals surface area (Å²) < 4.78 is 0. The lowest BCUT2D eigenvalue weighted by Gasteiger charge is -2.27. The number of rotatable bonds is 6. The lowest BCUT2D eigenvalue weighted by atomic mass is 10.0. The van der Waals surface area contributed by atoms with Crippen molar-refractivity contribution < 1.29 is 19.2 Å². The molecular weight excluding hydrogens is 360 g/mol. The van der Waals surface area contributed by atoms with E-state index >= 15 is 0 Å². The number of imide groups is 2. The van der Waals surface area contributed by atoms with Crippen LogP contribution in [0.15, 0.2) is 18.2 Å². The molecule has 3 heterocycles. The van der Waals surface area contributed by atoms with E-state index in [2.05, 4.69) is 16.0 Å². The van der Waals surface area contributed by atoms with E-state index in [9.17, 15) is 19.2 Å². The highest BCUT2D eigenvalue weighted by Gasteiger charge is 2.44. The van der Waals surface area contributed by atoms with Gasteiger partial charge >= 0.3 is 0 Å². The first-order chi connectivity index (χ1) is 13.5. The Kier molecular flexibility index (Phi) is 5.13. The van der Waals surface area contributed by atoms with Crippen molar-refractivity contribution in [2.75, 3.05) is 18.4 Å². The van der Waals surface area contributed by atoms with E-state index in [1.807, 2.05) is 0 Å². The molecule has 8 heteroatoms. The van der Waals surface area contributed by atoms with Gasteiger partial charge in [-0.2, -0.15) is 0 Å². The summed E-state index contributed by atoms with van der Waals surface area (Å²) in [6.45, 7) is 1.89. The number of carbonyl (C=O) groups excluding carboxylic acids is 4. The van der Waals surface area contributed by atoms with Crippen LogP contribution in [-0.2, 0) is 9.59 Å². The summed E-state index contributed by atoms with van der Waals surface area (Å²) in [7, 11) is 0. The van der Waals surface area contributed by atoms with Gasteiger partial charge in [-0.3, -0.25) is 29.4 Å². The number of piperidine rings is 1. The smallest absolute Gasteiger partial charge is 0.262 e. The van der Waals surface area contributed by atoms with E-state index < -0.39 is 23.8 Å². The molecule has 3 aliphatic heterocycles. The van der Waals surface area contributed by atoms with Crippen LogP contribution in [0, 0.1) is 0 Å². The molecule has 0 aromatic heterocycles. The van der Waals surface area contributed by atoms with Crippen molar-refractivity contribution in [1.29, 1.82) is 0 Å². The van der Waals surface area contributed by atoms with Crippen molar-refractivity contribution in [2.45, 2.75) is 50.6 Å². The largest absolute Gasteiger partial charge is 0.385 e. The molecule has 0 spiro atoms. The van der Waals surface area contributed by atoms with Crippen LogP contribution in [0.1, 0.15) is 59.2 Å². The molecule has 0 saturated carbocycles. The monoisotopic (exact) mass is 384 g/mol. The lowest BCUT2D eigenvalue weighted by Crippen LogP contribution is -2.54. The SMILES string of the molecule is O=C1CCC(N2C(=O)c3ccc(NCCCC4CCCN4)cc3C2=O)C(=O)N1. The van der Waals surface area contributed by atoms with Crippen LogP contribution in [0.4, 0.5) is 5.69 Å². The van der Waals surface area contributed by atoms with Crippen molar-refractivity contribution in [3.8, 4) is 0 Å². The Balaban J connectivity index is 1.40. The van der Waals surface area contributed by atoms with Crippen molar-refractivity contribution in [2.24, 2.45) is 0 Å². The molecule has 0 aliphatic carbocycles. The normalized spacial score (nSPS) is 24.5. The first kappa shape index (κ1) is 18.6. The molecule has 0 radical (unpaired) electrons. The Morgan fingerprint density at radius 3 is 2.64 bits per heavy atom. The summed E-state index contributed by atoms with van der Waals surface area (Å²) in [5.41, 5.74) is 1.39. The minimum atomic E-state index is -0.930. The molecule has 2 unspecified atom stereocenters. The quantitative estimate of drug-likeness (QED) is 0.500. The third-order valence-corrected chi connectivity index (χ3v) is 5.66. The number of hydrogen-bond acceptors (Lipinski definition) is 6. The molecule has 28 heavy (non-hydrogen) atoms. The zero-order valence-electron chi connectivity index (χ0n) is 15.6. The summed E-state index contributed by atoms with van der Waals surface area (Å²) in [5, 5.41) is 8.98. The van der Waals surface area contributed by atoms with Gasteiger partial charge in [0.05, 0.1) is 11.1 Å². The van der Waals surface area contributed by atoms with Gasteiger partial charge in [0.15, 0.2) is 0 Å². The summed E-state index contributed by atoms with van der Waals surface area (Å²) in [4.78, 5) is 49.9. The fourth-order valence-electron chi connectivity index (χ4n) is 4.17. The highest BCUT2D eigenvalue weighted by molar-refractivity contribution is 6.23. The van der Waals surface area contributed by atoms with E-state index in [1.165, 1.54) is 12.8 Å². The van der Waals surface area contributed by atoms with E-state index in [0.717, 1.165) is 36.5 Å². The van der Waals surface area contributed by atoms with Gasteiger partial charge in [-0.15, -0.1) is 0 Å². The Morgan fingerprint density at radius 1 is 1.07 bits per heavy atom. The van der Waals surface area contributed by atoms with Crippen LogP contribution in [0.3, 0.4) is 0 Å². The first-order valence-corrected chi connectivity index (χ1v) is 9.87. The van der Waals surface area contributed by atoms with Gasteiger partial charge in [-0.05, 0) is 56.8 Å². The Labute approximate surface area is 163 Å². The third kappa shape index (κ3) is 3.52. The molecule has 2 saturated heterocycles. The minimum Gasteiger partial charge on any atom is -0.385 e. The Morgan fingerprint density at radius 2 is 1.89 bits per heavy atom. The number of hydrogen-bond donors (Lipinski definition) is 3. The van der Waals surface area contributed by atoms with Crippen molar-refractivity contribution in [1.82, 2.24) is 15.5 Å². The molecule has 3 N–H and O–H groups in total. The number of benzene rings is 1. The zero-order valence-corrected chi connectivity index (χ0v) is 15.6. The van der Waals surface area contributed by atoms with Crippen molar-refractivity contribution in [3.63, 3.8) is 0 Å². The zero-order chi connectivity index (χ0) is 19.7. The first-order valence-electron chi connectivity index (χ1n) is 9.87. The number of fused-ring (bicyclic) bond motifs is 1. The van der Waals surface area contributed by atoms with E-state index in [1.54, 1.807) is 18.2 Å². The number of nitrogens with one attached hydrogen (secondary N) is 3. The van der Waals surface area contributed by atoms with Crippen LogP contribution < -0.4 is 16.0 Å². The number of nitrogens with zero attached hydrogens (tertiary/aromatic N) is 1. The maximum Gasteiger partial charge on any atom is 0.262 e. The number of amides is 4. The van der Waals surface area contributed by atoms with Crippen LogP contribution in [0.2, 0.25) is 0 Å². The summed E-state index contributed by atoms with van der Waals surface area (Å²) in [6.07, 6.45) is 4.87. The van der Waals surface area contributed by atoms with E-state index in [-0.39, 0.29) is 18.7 Å². The Bertz CT molecular complexity index is 831. The minimum absolute atomic E-state index is 0.118. The molecule has 0 bridgehead atoms. The van der Waals surface area contributed by atoms with Crippen LogP contribution in [0.25, 0.3) is 0 Å². The predicted molar refractivity (Wildman–Crippen MR) is 102 cm³/mol. The number of anilines is 1. The fourth-order valence-corrected chi connectivity index (χ4v) is 4.17. The molecule has 148 valence electrons. The maximum atomic E-state index is 12.8. The molecular formula is C20H24N4O4. The van der Waals surface area contributed by atoms with Crippen LogP contribution >= 0.6 is 0 Å². The molecule has 1 aromatic rings. The van der Waals surface area contributed by atoms with E-state index in [4.69, 9.17) is 0 Å². The second kappa shape index (κ2) is 7.71. The molecule has 1 aromatic carbocycles. The van der Waals surface area contributed by atoms with Gasteiger partial charge in [0.1, 0.15) is 6.04 Å². The maximum absolute atomic E-state index is 12.8. The van der Waals surface area contributed by atoms with Gasteiger partial charge in [-0.25, -0.2) is 0 Å². The average Bonchev–Trinajstić information content (AvgIpc) is 3.27. The highest BCUT2D eigenvalue weighted by atomic mass is 16.2. The highest BCUT2D eigenvalue weighted by Crippen LogP contribution is 2.29. The van der Waals surface area contributed by atoms with E-state index in [0.29, 0.717) is 17.2 Å².